The summed E-state index contributed by atoms with van der Waals surface area (Å²) in [4.78, 5) is 0.170. The fourth-order valence-corrected chi connectivity index (χ4v) is 8.15. The Bertz CT molecular complexity index is 1320. The summed E-state index contributed by atoms with van der Waals surface area (Å²) in [6.07, 6.45) is 0. The monoisotopic (exact) mass is 512 g/mol. The normalized spacial score (nSPS) is 19.9. The van der Waals surface area contributed by atoms with E-state index in [0.717, 1.165) is 16.7 Å². The number of rotatable bonds is 9. The van der Waals surface area contributed by atoms with Crippen molar-refractivity contribution in [2.24, 2.45) is 0 Å². The highest BCUT2D eigenvalue weighted by Gasteiger charge is 2.45. The lowest BCUT2D eigenvalue weighted by molar-refractivity contribution is 0.286. The molecule has 8 heteroatoms. The second-order valence-corrected chi connectivity index (χ2v) is 13.4. The van der Waals surface area contributed by atoms with Gasteiger partial charge in [0.25, 0.3) is 0 Å². The molecule has 1 saturated heterocycles. The number of nitrogens with one attached hydrogen (secondary N) is 1. The lowest BCUT2D eigenvalue weighted by atomic mass is 10.0. The Morgan fingerprint density at radius 1 is 0.857 bits per heavy atom. The van der Waals surface area contributed by atoms with Gasteiger partial charge in [-0.1, -0.05) is 86.6 Å². The van der Waals surface area contributed by atoms with Gasteiger partial charge in [0, 0.05) is 19.1 Å². The van der Waals surface area contributed by atoms with E-state index in [1.807, 2.05) is 72.8 Å². The van der Waals surface area contributed by atoms with Crippen molar-refractivity contribution in [3.8, 4) is 0 Å². The van der Waals surface area contributed by atoms with Crippen LogP contribution in [0.3, 0.4) is 0 Å². The molecular weight excluding hydrogens is 480 g/mol. The molecule has 0 bridgehead atoms. The van der Waals surface area contributed by atoms with E-state index >= 15 is 0 Å². The van der Waals surface area contributed by atoms with Crippen LogP contribution in [0.2, 0.25) is 0 Å². The van der Waals surface area contributed by atoms with Crippen LogP contribution < -0.4 is 5.32 Å². The molecule has 3 aromatic carbocycles. The second kappa shape index (κ2) is 10.6. The Labute approximate surface area is 209 Å². The van der Waals surface area contributed by atoms with Gasteiger partial charge in [0.1, 0.15) is 0 Å². The number of sulfonamides is 1. The molecule has 1 aliphatic heterocycles. The number of nitrogens with zero attached hydrogens (tertiary/aromatic N) is 1. The molecule has 0 amide bonds. The van der Waals surface area contributed by atoms with Gasteiger partial charge in [0.15, 0.2) is 9.84 Å². The summed E-state index contributed by atoms with van der Waals surface area (Å²) in [6.45, 7) is 4.66. The number of sulfone groups is 1. The first kappa shape index (κ1) is 25.6. The predicted molar refractivity (Wildman–Crippen MR) is 139 cm³/mol. The zero-order valence-electron chi connectivity index (χ0n) is 20.0. The molecule has 6 nitrogen and oxygen atoms in total. The maximum absolute atomic E-state index is 13.9. The molecule has 1 heterocycles. The first-order valence-corrected chi connectivity index (χ1v) is 15.1. The smallest absolute Gasteiger partial charge is 0.243 e. The van der Waals surface area contributed by atoms with Crippen LogP contribution in [0.4, 0.5) is 0 Å². The Hall–Kier alpha value is -2.52. The minimum absolute atomic E-state index is 0.0960. The summed E-state index contributed by atoms with van der Waals surface area (Å²) in [7, 11) is -7.38. The third-order valence-corrected chi connectivity index (χ3v) is 10.0. The Kier molecular flexibility index (Phi) is 7.76. The van der Waals surface area contributed by atoms with E-state index in [4.69, 9.17) is 0 Å². The molecule has 186 valence electrons. The van der Waals surface area contributed by atoms with E-state index in [2.05, 4.69) is 19.2 Å². The van der Waals surface area contributed by atoms with Crippen LogP contribution in [0.15, 0.2) is 89.8 Å². The largest absolute Gasteiger partial charge is 0.307 e. The summed E-state index contributed by atoms with van der Waals surface area (Å²) in [6, 6.07) is 24.7. The van der Waals surface area contributed by atoms with Crippen molar-refractivity contribution in [3.05, 3.63) is 102 Å². The van der Waals surface area contributed by atoms with Gasteiger partial charge in [-0.3, -0.25) is 0 Å². The summed E-state index contributed by atoms with van der Waals surface area (Å²) >= 11 is 0. The fourth-order valence-electron chi connectivity index (χ4n) is 4.46. The molecule has 1 aliphatic rings. The topological polar surface area (TPSA) is 83.6 Å². The highest BCUT2D eigenvalue weighted by Crippen LogP contribution is 2.29. The van der Waals surface area contributed by atoms with Crippen molar-refractivity contribution in [1.29, 1.82) is 0 Å². The molecular formula is C27H32N2O4S2. The van der Waals surface area contributed by atoms with E-state index in [0.29, 0.717) is 6.54 Å². The molecule has 1 fully saturated rings. The average Bonchev–Trinajstić information content (AvgIpc) is 3.16. The zero-order chi connectivity index (χ0) is 25.1. The van der Waals surface area contributed by atoms with Crippen molar-refractivity contribution in [1.82, 2.24) is 9.62 Å². The van der Waals surface area contributed by atoms with Crippen molar-refractivity contribution in [2.45, 2.75) is 49.8 Å². The van der Waals surface area contributed by atoms with Crippen molar-refractivity contribution >= 4 is 19.9 Å². The maximum atomic E-state index is 13.9. The molecule has 0 aliphatic carbocycles. The van der Waals surface area contributed by atoms with Gasteiger partial charge >= 0.3 is 0 Å². The molecule has 1 N–H and O–H groups in total. The summed E-state index contributed by atoms with van der Waals surface area (Å²) in [5.74, 6) is -0.0357. The zero-order valence-corrected chi connectivity index (χ0v) is 21.7. The molecule has 2 atom stereocenters. The molecule has 3 aromatic rings. The van der Waals surface area contributed by atoms with Crippen molar-refractivity contribution < 1.29 is 16.8 Å². The molecule has 4 rings (SSSR count). The summed E-state index contributed by atoms with van der Waals surface area (Å²) < 4.78 is 54.7. The fraction of sp³-hybridized carbons (Fsp3) is 0.333. The number of hydrogen-bond acceptors (Lipinski definition) is 5. The minimum Gasteiger partial charge on any atom is -0.307 e. The van der Waals surface area contributed by atoms with E-state index in [-0.39, 0.29) is 28.9 Å². The number of hydrogen-bond donors (Lipinski definition) is 1. The number of benzene rings is 3. The maximum Gasteiger partial charge on any atom is 0.243 e. The lowest BCUT2D eigenvalue weighted by Crippen LogP contribution is -2.51. The molecule has 35 heavy (non-hydrogen) atoms. The predicted octanol–water partition coefficient (Wildman–Crippen LogP) is 3.96. The van der Waals surface area contributed by atoms with Gasteiger partial charge < -0.3 is 5.32 Å². The lowest BCUT2D eigenvalue weighted by Gasteiger charge is -2.32. The minimum atomic E-state index is -3.96. The quantitative estimate of drug-likeness (QED) is 0.469. The molecule has 0 aromatic heterocycles. The van der Waals surface area contributed by atoms with Crippen molar-refractivity contribution in [2.75, 3.05) is 11.5 Å². The second-order valence-electron chi connectivity index (χ2n) is 9.38. The van der Waals surface area contributed by atoms with Crippen LogP contribution in [0.25, 0.3) is 0 Å². The highest BCUT2D eigenvalue weighted by molar-refractivity contribution is 7.92. The van der Waals surface area contributed by atoms with E-state index in [9.17, 15) is 16.8 Å². The van der Waals surface area contributed by atoms with Gasteiger partial charge in [-0.15, -0.1) is 0 Å². The van der Waals surface area contributed by atoms with Crippen LogP contribution in [0.5, 0.6) is 0 Å². The summed E-state index contributed by atoms with van der Waals surface area (Å²) in [5.41, 5.74) is 2.86. The standard InChI is InChI=1S/C27H32N2O4S2/c1-21(2)24-13-15-25(16-14-24)35(32,33)29(18-23-11-7-4-8-12-23)27-20-34(30,31)19-26(27)28-17-22-9-5-3-6-10-22/h3-16,21,26-28H,17-20H2,1-2H3/t26-,27-/m1/s1. The van der Waals surface area contributed by atoms with Gasteiger partial charge in [0.2, 0.25) is 10.0 Å². The SMILES string of the molecule is CC(C)c1ccc(S(=O)(=O)N(Cc2ccccc2)[C@@H]2CS(=O)(=O)C[C@H]2NCc2ccccc2)cc1. The van der Waals surface area contributed by atoms with E-state index < -0.39 is 31.9 Å². The van der Waals surface area contributed by atoms with Crippen LogP contribution in [-0.2, 0) is 33.0 Å². The van der Waals surface area contributed by atoms with E-state index in [1.54, 1.807) is 12.1 Å². The van der Waals surface area contributed by atoms with Crippen molar-refractivity contribution in [3.63, 3.8) is 0 Å². The van der Waals surface area contributed by atoms with Gasteiger partial charge in [0.05, 0.1) is 22.4 Å². The van der Waals surface area contributed by atoms with Crippen LogP contribution >= 0.6 is 0 Å². The molecule has 0 radical (unpaired) electrons. The molecule has 0 spiro atoms. The third kappa shape index (κ3) is 6.19. The van der Waals surface area contributed by atoms with Gasteiger partial charge in [-0.25, -0.2) is 16.8 Å². The Morgan fingerprint density at radius 3 is 2.00 bits per heavy atom. The highest BCUT2D eigenvalue weighted by atomic mass is 32.2. The molecule has 0 saturated carbocycles. The first-order valence-electron chi connectivity index (χ1n) is 11.8. The molecule has 0 unspecified atom stereocenters. The average molecular weight is 513 g/mol. The van der Waals surface area contributed by atoms with Crippen LogP contribution in [0.1, 0.15) is 36.5 Å². The first-order chi connectivity index (χ1) is 16.7. The Balaban J connectivity index is 1.69. The summed E-state index contributed by atoms with van der Waals surface area (Å²) in [5, 5.41) is 3.33. The van der Waals surface area contributed by atoms with Gasteiger partial charge in [-0.2, -0.15) is 4.31 Å². The third-order valence-electron chi connectivity index (χ3n) is 6.44. The van der Waals surface area contributed by atoms with Gasteiger partial charge in [-0.05, 0) is 34.7 Å². The van der Waals surface area contributed by atoms with E-state index in [1.165, 1.54) is 4.31 Å². The Morgan fingerprint density at radius 2 is 1.43 bits per heavy atom. The van der Waals surface area contributed by atoms with Crippen LogP contribution in [-0.4, -0.2) is 44.7 Å². The van der Waals surface area contributed by atoms with Crippen LogP contribution in [0, 0.1) is 0 Å².